The summed E-state index contributed by atoms with van der Waals surface area (Å²) in [5, 5.41) is 6.49. The minimum atomic E-state index is 0.830. The van der Waals surface area contributed by atoms with Gasteiger partial charge in [0.1, 0.15) is 22.3 Å². The van der Waals surface area contributed by atoms with Crippen LogP contribution in [-0.4, -0.2) is 9.97 Å². The van der Waals surface area contributed by atoms with Crippen molar-refractivity contribution in [2.24, 2.45) is 0 Å². The Morgan fingerprint density at radius 1 is 0.405 bits per heavy atom. The summed E-state index contributed by atoms with van der Waals surface area (Å²) in [6.07, 6.45) is 1.80. The van der Waals surface area contributed by atoms with Crippen LogP contribution in [0.1, 0.15) is 0 Å². The van der Waals surface area contributed by atoms with Gasteiger partial charge in [0.15, 0.2) is 0 Å². The number of para-hydroxylation sites is 2. The largest absolute Gasteiger partial charge is 0.455 e. The van der Waals surface area contributed by atoms with Gasteiger partial charge in [-0.25, -0.2) is 4.98 Å². The van der Waals surface area contributed by atoms with Crippen molar-refractivity contribution in [2.45, 2.75) is 0 Å². The van der Waals surface area contributed by atoms with Gasteiger partial charge >= 0.3 is 0 Å². The zero-order valence-electron chi connectivity index (χ0n) is 22.4. The maximum atomic E-state index is 6.59. The molecular formula is C38H22N2O2. The van der Waals surface area contributed by atoms with Gasteiger partial charge in [-0.05, 0) is 58.8 Å². The number of rotatable bonds is 3. The van der Waals surface area contributed by atoms with Crippen LogP contribution in [0.25, 0.3) is 88.4 Å². The van der Waals surface area contributed by atoms with Gasteiger partial charge in [0.2, 0.25) is 0 Å². The average Bonchev–Trinajstić information content (AvgIpc) is 3.63. The van der Waals surface area contributed by atoms with Gasteiger partial charge in [-0.3, -0.25) is 4.98 Å². The molecule has 0 radical (unpaired) electrons. The highest BCUT2D eigenvalue weighted by Crippen LogP contribution is 2.45. The predicted octanol–water partition coefficient (Wildman–Crippen LogP) is 10.4. The third-order valence-corrected chi connectivity index (χ3v) is 8.15. The number of nitrogens with zero attached hydrogens (tertiary/aromatic N) is 2. The first kappa shape index (κ1) is 23.0. The maximum absolute atomic E-state index is 6.59. The minimum Gasteiger partial charge on any atom is -0.455 e. The monoisotopic (exact) mass is 538 g/mol. The Kier molecular flexibility index (Phi) is 4.87. The molecular weight excluding hydrogens is 516 g/mol. The minimum absolute atomic E-state index is 0.830. The van der Waals surface area contributed by atoms with E-state index in [1.807, 2.05) is 54.6 Å². The fraction of sp³-hybridized carbons (Fsp3) is 0. The Hall–Kier alpha value is -5.74. The summed E-state index contributed by atoms with van der Waals surface area (Å²) in [5.41, 5.74) is 9.23. The number of aromatic nitrogens is 2. The highest BCUT2D eigenvalue weighted by atomic mass is 16.3. The van der Waals surface area contributed by atoms with Gasteiger partial charge in [-0.1, -0.05) is 84.9 Å². The van der Waals surface area contributed by atoms with Crippen molar-refractivity contribution in [2.75, 3.05) is 0 Å². The molecule has 4 nitrogen and oxygen atoms in total. The second-order valence-corrected chi connectivity index (χ2v) is 10.5. The van der Waals surface area contributed by atoms with E-state index in [0.717, 1.165) is 88.4 Å². The molecule has 0 atom stereocenters. The summed E-state index contributed by atoms with van der Waals surface area (Å²) in [6, 6.07) is 43.6. The number of pyridine rings is 2. The van der Waals surface area contributed by atoms with Crippen molar-refractivity contribution in [3.05, 3.63) is 134 Å². The number of hydrogen-bond donors (Lipinski definition) is 0. The van der Waals surface area contributed by atoms with Crippen LogP contribution in [0.5, 0.6) is 0 Å². The Morgan fingerprint density at radius 3 is 1.86 bits per heavy atom. The Morgan fingerprint density at radius 2 is 1.02 bits per heavy atom. The Balaban J connectivity index is 1.34. The lowest BCUT2D eigenvalue weighted by Gasteiger charge is -2.12. The smallest absolute Gasteiger partial charge is 0.147 e. The molecule has 0 amide bonds. The van der Waals surface area contributed by atoms with E-state index in [1.165, 1.54) is 0 Å². The van der Waals surface area contributed by atoms with E-state index in [-0.39, 0.29) is 0 Å². The van der Waals surface area contributed by atoms with Gasteiger partial charge in [-0.2, -0.15) is 0 Å². The topological polar surface area (TPSA) is 52.1 Å². The first-order valence-electron chi connectivity index (χ1n) is 14.0. The SMILES string of the molecule is c1ccc(-c2cccc(-c3cccc4c(-c5cc6c7ccccc7oc6c6c5oc5ccccc56)cccc34)n2)nc1. The zero-order chi connectivity index (χ0) is 27.6. The molecule has 0 spiro atoms. The fourth-order valence-electron chi connectivity index (χ4n) is 6.27. The maximum Gasteiger partial charge on any atom is 0.147 e. The lowest BCUT2D eigenvalue weighted by Crippen LogP contribution is -1.91. The molecule has 0 aliphatic heterocycles. The van der Waals surface area contributed by atoms with Gasteiger partial charge in [0.05, 0.1) is 22.5 Å². The summed E-state index contributed by atoms with van der Waals surface area (Å²) in [6.45, 7) is 0. The molecule has 0 saturated carbocycles. The first-order chi connectivity index (χ1) is 20.8. The first-order valence-corrected chi connectivity index (χ1v) is 14.0. The van der Waals surface area contributed by atoms with E-state index in [9.17, 15) is 0 Å². The molecule has 0 N–H and O–H groups in total. The molecule has 0 aliphatic carbocycles. The molecule has 0 fully saturated rings. The zero-order valence-corrected chi connectivity index (χ0v) is 22.4. The molecule has 0 unspecified atom stereocenters. The van der Waals surface area contributed by atoms with Crippen molar-refractivity contribution < 1.29 is 8.83 Å². The average molecular weight is 539 g/mol. The van der Waals surface area contributed by atoms with Crippen LogP contribution in [0.15, 0.2) is 142 Å². The van der Waals surface area contributed by atoms with Gasteiger partial charge < -0.3 is 8.83 Å². The van der Waals surface area contributed by atoms with E-state index in [2.05, 4.69) is 77.8 Å². The standard InChI is InChI=1S/C38H22N2O2/c1-3-19-34-27(10-1)30-22-29(37-36(38(30)41-34)28-11-2-4-20-35(28)42-37)25-14-7-13-24-23(25)12-8-15-26(24)31-17-9-18-33(40-31)32-16-5-6-21-39-32/h1-22H. The van der Waals surface area contributed by atoms with E-state index in [1.54, 1.807) is 6.20 Å². The number of fused-ring (bicyclic) bond motifs is 8. The van der Waals surface area contributed by atoms with Crippen molar-refractivity contribution in [3.8, 4) is 33.8 Å². The number of furan rings is 2. The molecule has 4 heterocycles. The van der Waals surface area contributed by atoms with Crippen LogP contribution in [0.4, 0.5) is 0 Å². The highest BCUT2D eigenvalue weighted by molar-refractivity contribution is 6.26. The van der Waals surface area contributed by atoms with Crippen molar-refractivity contribution in [3.63, 3.8) is 0 Å². The normalized spacial score (nSPS) is 11.8. The molecule has 4 aromatic heterocycles. The van der Waals surface area contributed by atoms with Crippen LogP contribution in [0, 0.1) is 0 Å². The summed E-state index contributed by atoms with van der Waals surface area (Å²) in [5.74, 6) is 0. The van der Waals surface area contributed by atoms with Crippen molar-refractivity contribution in [1.29, 1.82) is 0 Å². The molecule has 4 heteroatoms. The lowest BCUT2D eigenvalue weighted by molar-refractivity contribution is 0.663. The van der Waals surface area contributed by atoms with Crippen LogP contribution in [0.2, 0.25) is 0 Å². The summed E-state index contributed by atoms with van der Waals surface area (Å²) in [4.78, 5) is 9.53. The van der Waals surface area contributed by atoms with Crippen LogP contribution in [0.3, 0.4) is 0 Å². The van der Waals surface area contributed by atoms with Crippen LogP contribution >= 0.6 is 0 Å². The van der Waals surface area contributed by atoms with E-state index < -0.39 is 0 Å². The fourth-order valence-corrected chi connectivity index (χ4v) is 6.27. The molecule has 9 aromatic rings. The predicted molar refractivity (Wildman–Crippen MR) is 170 cm³/mol. The molecule has 9 rings (SSSR count). The number of hydrogen-bond acceptors (Lipinski definition) is 4. The van der Waals surface area contributed by atoms with Gasteiger partial charge in [0.25, 0.3) is 0 Å². The van der Waals surface area contributed by atoms with Crippen molar-refractivity contribution >= 4 is 54.6 Å². The summed E-state index contributed by atoms with van der Waals surface area (Å²) >= 11 is 0. The number of benzene rings is 5. The molecule has 196 valence electrons. The third-order valence-electron chi connectivity index (χ3n) is 8.15. The second kappa shape index (κ2) is 8.88. The molecule has 0 saturated heterocycles. The molecule has 42 heavy (non-hydrogen) atoms. The van der Waals surface area contributed by atoms with E-state index in [4.69, 9.17) is 13.8 Å². The molecule has 0 bridgehead atoms. The van der Waals surface area contributed by atoms with Crippen LogP contribution in [-0.2, 0) is 0 Å². The Labute approximate surface area is 240 Å². The van der Waals surface area contributed by atoms with E-state index in [0.29, 0.717) is 0 Å². The second-order valence-electron chi connectivity index (χ2n) is 10.5. The van der Waals surface area contributed by atoms with E-state index >= 15 is 0 Å². The summed E-state index contributed by atoms with van der Waals surface area (Å²) in [7, 11) is 0. The van der Waals surface area contributed by atoms with Gasteiger partial charge in [-0.15, -0.1) is 0 Å². The summed E-state index contributed by atoms with van der Waals surface area (Å²) < 4.78 is 13.1. The van der Waals surface area contributed by atoms with Gasteiger partial charge in [0, 0.05) is 33.5 Å². The quantitative estimate of drug-likeness (QED) is 0.224. The van der Waals surface area contributed by atoms with Crippen LogP contribution < -0.4 is 0 Å². The van der Waals surface area contributed by atoms with Crippen molar-refractivity contribution in [1.82, 2.24) is 9.97 Å². The Bertz CT molecular complexity index is 2470. The highest BCUT2D eigenvalue weighted by Gasteiger charge is 2.21. The lowest BCUT2D eigenvalue weighted by atomic mass is 9.92. The molecule has 0 aliphatic rings. The molecule has 5 aromatic carbocycles. The third kappa shape index (κ3) is 3.36.